The molecule has 4 nitrogen and oxygen atoms in total. The zero-order valence-electron chi connectivity index (χ0n) is 5.01. The predicted octanol–water partition coefficient (Wildman–Crippen LogP) is 1.43. The lowest BCUT2D eigenvalue weighted by Crippen LogP contribution is -1.97. The molecule has 1 rings (SSSR count). The van der Waals surface area contributed by atoms with E-state index in [4.69, 9.17) is 23.2 Å². The van der Waals surface area contributed by atoms with Crippen LogP contribution in [0.5, 0.6) is 0 Å². The predicted molar refractivity (Wildman–Crippen MR) is 36.9 cm³/mol. The van der Waals surface area contributed by atoms with Crippen molar-refractivity contribution in [3.8, 4) is 0 Å². The molecule has 0 amide bonds. The summed E-state index contributed by atoms with van der Waals surface area (Å²) in [5.74, 6) is 0. The van der Waals surface area contributed by atoms with Crippen LogP contribution in [-0.4, -0.2) is 15.6 Å². The fourth-order valence-corrected chi connectivity index (χ4v) is 0.788. The third-order valence-corrected chi connectivity index (χ3v) is 1.35. The SMILES string of the molecule is O=C(Cl)c1conc1C(=O)Cl. The summed E-state index contributed by atoms with van der Waals surface area (Å²) in [6.45, 7) is 0. The van der Waals surface area contributed by atoms with E-state index in [-0.39, 0.29) is 11.3 Å². The second-order valence-corrected chi connectivity index (χ2v) is 2.31. The van der Waals surface area contributed by atoms with Gasteiger partial charge in [-0.3, -0.25) is 9.59 Å². The first-order valence-electron chi connectivity index (χ1n) is 2.47. The molecule has 0 radical (unpaired) electrons. The van der Waals surface area contributed by atoms with Crippen molar-refractivity contribution < 1.29 is 14.1 Å². The van der Waals surface area contributed by atoms with Crippen LogP contribution >= 0.6 is 23.2 Å². The number of hydrogen-bond acceptors (Lipinski definition) is 4. The van der Waals surface area contributed by atoms with Gasteiger partial charge in [0.1, 0.15) is 11.8 Å². The summed E-state index contributed by atoms with van der Waals surface area (Å²) in [5.41, 5.74) is -0.377. The van der Waals surface area contributed by atoms with E-state index in [1.807, 2.05) is 0 Å². The van der Waals surface area contributed by atoms with Gasteiger partial charge < -0.3 is 4.52 Å². The summed E-state index contributed by atoms with van der Waals surface area (Å²) in [5, 5.41) is 1.48. The van der Waals surface area contributed by atoms with E-state index in [0.717, 1.165) is 6.26 Å². The maximum atomic E-state index is 10.5. The molecule has 1 aromatic heterocycles. The molecule has 11 heavy (non-hydrogen) atoms. The molecule has 6 heteroatoms. The van der Waals surface area contributed by atoms with Crippen LogP contribution in [0, 0.1) is 0 Å². The average molecular weight is 194 g/mol. The molecule has 0 fully saturated rings. The molecule has 0 saturated heterocycles. The first-order valence-corrected chi connectivity index (χ1v) is 3.22. The molecular formula is C5HCl2NO3. The van der Waals surface area contributed by atoms with Crippen molar-refractivity contribution in [1.82, 2.24) is 5.16 Å². The maximum absolute atomic E-state index is 10.5. The minimum absolute atomic E-state index is 0.119. The fourth-order valence-electron chi connectivity index (χ4n) is 0.518. The van der Waals surface area contributed by atoms with Gasteiger partial charge in [-0.1, -0.05) is 5.16 Å². The van der Waals surface area contributed by atoms with Crippen molar-refractivity contribution in [2.75, 3.05) is 0 Å². The topological polar surface area (TPSA) is 60.2 Å². The number of carbonyl (C=O) groups is 2. The minimum atomic E-state index is -0.872. The second kappa shape index (κ2) is 3.02. The number of halogens is 2. The summed E-state index contributed by atoms with van der Waals surface area (Å²) in [6, 6.07) is 0. The Bertz CT molecular complexity index is 278. The molecule has 0 aliphatic carbocycles. The lowest BCUT2D eigenvalue weighted by Gasteiger charge is -1.84. The second-order valence-electron chi connectivity index (χ2n) is 1.62. The molecule has 0 saturated carbocycles. The van der Waals surface area contributed by atoms with Gasteiger partial charge in [-0.05, 0) is 23.2 Å². The Morgan fingerprint density at radius 1 is 1.36 bits per heavy atom. The van der Waals surface area contributed by atoms with Crippen LogP contribution in [0.2, 0.25) is 0 Å². The molecule has 1 heterocycles. The standard InChI is InChI=1S/C5HCl2NO3/c6-4(9)2-1-11-8-3(2)5(7)10/h1H. The third-order valence-electron chi connectivity index (χ3n) is 0.968. The van der Waals surface area contributed by atoms with E-state index in [2.05, 4.69) is 9.68 Å². The van der Waals surface area contributed by atoms with Gasteiger partial charge >= 0.3 is 0 Å². The lowest BCUT2D eigenvalue weighted by atomic mass is 10.3. The highest BCUT2D eigenvalue weighted by molar-refractivity contribution is 6.71. The summed E-state index contributed by atoms with van der Waals surface area (Å²) < 4.78 is 4.31. The molecule has 0 aromatic carbocycles. The van der Waals surface area contributed by atoms with Crippen LogP contribution in [0.4, 0.5) is 0 Å². The first kappa shape index (κ1) is 8.23. The Balaban J connectivity index is 3.16. The molecule has 0 aliphatic rings. The van der Waals surface area contributed by atoms with E-state index in [1.54, 1.807) is 0 Å². The van der Waals surface area contributed by atoms with Gasteiger partial charge in [-0.2, -0.15) is 0 Å². The summed E-state index contributed by atoms with van der Waals surface area (Å²) >= 11 is 10.1. The van der Waals surface area contributed by atoms with Crippen LogP contribution in [0.25, 0.3) is 0 Å². The van der Waals surface area contributed by atoms with Crippen LogP contribution in [-0.2, 0) is 0 Å². The highest BCUT2D eigenvalue weighted by atomic mass is 35.5. The quantitative estimate of drug-likeness (QED) is 0.668. The van der Waals surface area contributed by atoms with Crippen LogP contribution < -0.4 is 0 Å². The van der Waals surface area contributed by atoms with Crippen molar-refractivity contribution in [3.63, 3.8) is 0 Å². The van der Waals surface area contributed by atoms with Gasteiger partial charge in [0.15, 0.2) is 5.69 Å². The molecule has 0 unspecified atom stereocenters. The minimum Gasteiger partial charge on any atom is -0.363 e. The molecular weight excluding hydrogens is 193 g/mol. The highest BCUT2D eigenvalue weighted by Crippen LogP contribution is 2.11. The van der Waals surface area contributed by atoms with Gasteiger partial charge in [-0.25, -0.2) is 0 Å². The van der Waals surface area contributed by atoms with Crippen LogP contribution in [0.1, 0.15) is 20.8 Å². The monoisotopic (exact) mass is 193 g/mol. The average Bonchev–Trinajstić information content (AvgIpc) is 2.32. The number of carbonyl (C=O) groups excluding carboxylic acids is 2. The Hall–Kier alpha value is -0.870. The summed E-state index contributed by atoms with van der Waals surface area (Å²) in [4.78, 5) is 21.0. The van der Waals surface area contributed by atoms with Crippen molar-refractivity contribution >= 4 is 33.7 Å². The van der Waals surface area contributed by atoms with Crippen LogP contribution in [0.15, 0.2) is 10.8 Å². The molecule has 0 atom stereocenters. The highest BCUT2D eigenvalue weighted by Gasteiger charge is 2.18. The van der Waals surface area contributed by atoms with Gasteiger partial charge in [0.2, 0.25) is 0 Å². The lowest BCUT2D eigenvalue weighted by molar-refractivity contribution is 0.104. The summed E-state index contributed by atoms with van der Waals surface area (Å²) in [6.07, 6.45) is 0.963. The van der Waals surface area contributed by atoms with Crippen molar-refractivity contribution in [2.45, 2.75) is 0 Å². The maximum Gasteiger partial charge on any atom is 0.275 e. The Morgan fingerprint density at radius 2 is 2.00 bits per heavy atom. The van der Waals surface area contributed by atoms with Crippen molar-refractivity contribution in [1.29, 1.82) is 0 Å². The number of aromatic nitrogens is 1. The van der Waals surface area contributed by atoms with Gasteiger partial charge in [-0.15, -0.1) is 0 Å². The normalized spacial score (nSPS) is 9.64. The van der Waals surface area contributed by atoms with E-state index in [9.17, 15) is 9.59 Å². The smallest absolute Gasteiger partial charge is 0.275 e. The Morgan fingerprint density at radius 3 is 2.36 bits per heavy atom. The zero-order chi connectivity index (χ0) is 8.43. The first-order chi connectivity index (χ1) is 5.13. The number of hydrogen-bond donors (Lipinski definition) is 0. The number of rotatable bonds is 2. The fraction of sp³-hybridized carbons (Fsp3) is 0. The molecule has 0 aliphatic heterocycles. The van der Waals surface area contributed by atoms with E-state index in [0.29, 0.717) is 0 Å². The van der Waals surface area contributed by atoms with Gasteiger partial charge in [0.25, 0.3) is 10.5 Å². The largest absolute Gasteiger partial charge is 0.363 e. The summed E-state index contributed by atoms with van der Waals surface area (Å²) in [7, 11) is 0. The Kier molecular flexibility index (Phi) is 2.26. The third kappa shape index (κ3) is 1.58. The van der Waals surface area contributed by atoms with Crippen molar-refractivity contribution in [2.24, 2.45) is 0 Å². The van der Waals surface area contributed by atoms with Gasteiger partial charge in [0.05, 0.1) is 0 Å². The van der Waals surface area contributed by atoms with Crippen LogP contribution in [0.3, 0.4) is 0 Å². The van der Waals surface area contributed by atoms with E-state index < -0.39 is 10.5 Å². The van der Waals surface area contributed by atoms with E-state index >= 15 is 0 Å². The molecule has 1 aromatic rings. The molecule has 0 bridgehead atoms. The zero-order valence-corrected chi connectivity index (χ0v) is 6.52. The molecule has 58 valence electrons. The van der Waals surface area contributed by atoms with Crippen molar-refractivity contribution in [3.05, 3.63) is 17.5 Å². The number of nitrogens with zero attached hydrogens (tertiary/aromatic N) is 1. The Labute approximate surface area is 71.1 Å². The van der Waals surface area contributed by atoms with Gasteiger partial charge in [0, 0.05) is 0 Å². The van der Waals surface area contributed by atoms with E-state index in [1.165, 1.54) is 0 Å². The molecule has 0 spiro atoms. The molecule has 0 N–H and O–H groups in total.